The third kappa shape index (κ3) is 3.01. The van der Waals surface area contributed by atoms with Gasteiger partial charge in [0.2, 0.25) is 0 Å². The van der Waals surface area contributed by atoms with E-state index in [1.54, 1.807) is 6.92 Å². The monoisotopic (exact) mass is 228 g/mol. The minimum Gasteiger partial charge on any atom is -0.389 e. The van der Waals surface area contributed by atoms with Crippen LogP contribution in [0.5, 0.6) is 0 Å². The highest BCUT2D eigenvalue weighted by atomic mass is 19.1. The standard InChI is InChI=1S/C13H18F2O/c1-12(2,3)13(4,16)8-9-5-10(14)7-11(15)6-9/h5-7,16H,8H2,1-4H3. The Hall–Kier alpha value is -0.960. The number of halogens is 2. The van der Waals surface area contributed by atoms with Gasteiger partial charge >= 0.3 is 0 Å². The van der Waals surface area contributed by atoms with E-state index in [1.165, 1.54) is 12.1 Å². The van der Waals surface area contributed by atoms with Gasteiger partial charge < -0.3 is 5.11 Å². The van der Waals surface area contributed by atoms with Crippen LogP contribution in [-0.2, 0) is 6.42 Å². The molecule has 0 radical (unpaired) electrons. The van der Waals surface area contributed by atoms with E-state index in [2.05, 4.69) is 0 Å². The van der Waals surface area contributed by atoms with Crippen molar-refractivity contribution in [2.75, 3.05) is 0 Å². The summed E-state index contributed by atoms with van der Waals surface area (Å²) >= 11 is 0. The molecular weight excluding hydrogens is 210 g/mol. The van der Waals surface area contributed by atoms with Gasteiger partial charge in [0.15, 0.2) is 0 Å². The third-order valence-corrected chi connectivity index (χ3v) is 3.09. The molecule has 1 nitrogen and oxygen atoms in total. The summed E-state index contributed by atoms with van der Waals surface area (Å²) < 4.78 is 26.0. The van der Waals surface area contributed by atoms with Gasteiger partial charge in [-0.3, -0.25) is 0 Å². The lowest BCUT2D eigenvalue weighted by Gasteiger charge is -2.37. The van der Waals surface area contributed by atoms with E-state index < -0.39 is 17.2 Å². The third-order valence-electron chi connectivity index (χ3n) is 3.09. The zero-order valence-corrected chi connectivity index (χ0v) is 10.1. The van der Waals surface area contributed by atoms with Crippen LogP contribution in [0.4, 0.5) is 8.78 Å². The fourth-order valence-corrected chi connectivity index (χ4v) is 1.38. The lowest BCUT2D eigenvalue weighted by atomic mass is 9.74. The first-order valence-electron chi connectivity index (χ1n) is 5.29. The molecular formula is C13H18F2O. The summed E-state index contributed by atoms with van der Waals surface area (Å²) in [7, 11) is 0. The van der Waals surface area contributed by atoms with Gasteiger partial charge in [-0.25, -0.2) is 8.78 Å². The fraction of sp³-hybridized carbons (Fsp3) is 0.538. The first-order chi connectivity index (χ1) is 7.12. The predicted molar refractivity (Wildman–Crippen MR) is 60.1 cm³/mol. The van der Waals surface area contributed by atoms with Crippen molar-refractivity contribution < 1.29 is 13.9 Å². The highest BCUT2D eigenvalue weighted by Crippen LogP contribution is 2.33. The zero-order chi connectivity index (χ0) is 12.6. The normalized spacial score (nSPS) is 15.9. The molecule has 1 aromatic rings. The van der Waals surface area contributed by atoms with E-state index in [4.69, 9.17) is 0 Å². The lowest BCUT2D eigenvalue weighted by Crippen LogP contribution is -2.41. The topological polar surface area (TPSA) is 20.2 Å². The highest BCUT2D eigenvalue weighted by Gasteiger charge is 2.35. The van der Waals surface area contributed by atoms with Crippen molar-refractivity contribution in [3.05, 3.63) is 35.4 Å². The Balaban J connectivity index is 2.96. The Bertz CT molecular complexity index is 358. The fourth-order valence-electron chi connectivity index (χ4n) is 1.38. The lowest BCUT2D eigenvalue weighted by molar-refractivity contribution is -0.0406. The molecule has 3 heteroatoms. The summed E-state index contributed by atoms with van der Waals surface area (Å²) in [5.74, 6) is -1.22. The van der Waals surface area contributed by atoms with Crippen LogP contribution in [0.3, 0.4) is 0 Å². The van der Waals surface area contributed by atoms with Crippen LogP contribution in [-0.4, -0.2) is 10.7 Å². The van der Waals surface area contributed by atoms with Crippen molar-refractivity contribution >= 4 is 0 Å². The summed E-state index contributed by atoms with van der Waals surface area (Å²) in [6.45, 7) is 7.35. The van der Waals surface area contributed by atoms with Gasteiger partial charge in [0.25, 0.3) is 0 Å². The molecule has 0 saturated carbocycles. The molecule has 16 heavy (non-hydrogen) atoms. The number of aliphatic hydroxyl groups is 1. The molecule has 1 aromatic carbocycles. The molecule has 0 bridgehead atoms. The highest BCUT2D eigenvalue weighted by molar-refractivity contribution is 5.20. The van der Waals surface area contributed by atoms with Crippen LogP contribution in [0.2, 0.25) is 0 Å². The largest absolute Gasteiger partial charge is 0.389 e. The second-order valence-corrected chi connectivity index (χ2v) is 5.48. The molecule has 1 atom stereocenters. The van der Waals surface area contributed by atoms with Crippen molar-refractivity contribution in [1.82, 2.24) is 0 Å². The molecule has 0 heterocycles. The van der Waals surface area contributed by atoms with Crippen LogP contribution in [0.25, 0.3) is 0 Å². The molecule has 1 unspecified atom stereocenters. The molecule has 0 aliphatic carbocycles. The van der Waals surface area contributed by atoms with Gasteiger partial charge in [-0.05, 0) is 30.0 Å². The SMILES string of the molecule is CC(C)(C)C(C)(O)Cc1cc(F)cc(F)c1. The molecule has 0 saturated heterocycles. The first kappa shape index (κ1) is 13.1. The van der Waals surface area contributed by atoms with Crippen LogP contribution in [0.1, 0.15) is 33.3 Å². The average molecular weight is 228 g/mol. The molecule has 0 aliphatic heterocycles. The minimum absolute atomic E-state index is 0.227. The number of benzene rings is 1. The molecule has 0 amide bonds. The minimum atomic E-state index is -1.01. The van der Waals surface area contributed by atoms with E-state index in [1.807, 2.05) is 20.8 Å². The summed E-state index contributed by atoms with van der Waals surface area (Å²) in [5.41, 5.74) is -0.888. The molecule has 90 valence electrons. The van der Waals surface area contributed by atoms with Gasteiger partial charge in [0.05, 0.1) is 5.60 Å². The van der Waals surface area contributed by atoms with Crippen LogP contribution >= 0.6 is 0 Å². The van der Waals surface area contributed by atoms with Crippen LogP contribution < -0.4 is 0 Å². The second kappa shape index (κ2) is 4.13. The maximum absolute atomic E-state index is 13.0. The summed E-state index contributed by atoms with van der Waals surface area (Å²) in [5, 5.41) is 10.2. The number of hydrogen-bond donors (Lipinski definition) is 1. The smallest absolute Gasteiger partial charge is 0.126 e. The maximum Gasteiger partial charge on any atom is 0.126 e. The van der Waals surface area contributed by atoms with Crippen molar-refractivity contribution in [3.8, 4) is 0 Å². The van der Waals surface area contributed by atoms with E-state index in [9.17, 15) is 13.9 Å². The van der Waals surface area contributed by atoms with Gasteiger partial charge in [-0.15, -0.1) is 0 Å². The van der Waals surface area contributed by atoms with Crippen LogP contribution in [0.15, 0.2) is 18.2 Å². The maximum atomic E-state index is 13.0. The molecule has 0 aromatic heterocycles. The number of hydrogen-bond acceptors (Lipinski definition) is 1. The number of rotatable bonds is 2. The van der Waals surface area contributed by atoms with E-state index in [0.717, 1.165) is 6.07 Å². The Morgan fingerprint density at radius 1 is 1.00 bits per heavy atom. The van der Waals surface area contributed by atoms with E-state index >= 15 is 0 Å². The van der Waals surface area contributed by atoms with E-state index in [-0.39, 0.29) is 11.8 Å². The quantitative estimate of drug-likeness (QED) is 0.823. The molecule has 1 N–H and O–H groups in total. The molecule has 1 rings (SSSR count). The Morgan fingerprint density at radius 3 is 1.81 bits per heavy atom. The van der Waals surface area contributed by atoms with E-state index in [0.29, 0.717) is 5.56 Å². The molecule has 0 spiro atoms. The molecule has 0 aliphatic rings. The van der Waals surface area contributed by atoms with Crippen molar-refractivity contribution in [3.63, 3.8) is 0 Å². The Morgan fingerprint density at radius 2 is 1.44 bits per heavy atom. The van der Waals surface area contributed by atoms with Gasteiger partial charge in [-0.1, -0.05) is 20.8 Å². The summed E-state index contributed by atoms with van der Waals surface area (Å²) in [4.78, 5) is 0. The predicted octanol–water partition coefficient (Wildman–Crippen LogP) is 3.30. The first-order valence-corrected chi connectivity index (χ1v) is 5.29. The second-order valence-electron chi connectivity index (χ2n) is 5.48. The van der Waals surface area contributed by atoms with Crippen LogP contribution in [0, 0.1) is 17.0 Å². The van der Waals surface area contributed by atoms with Gasteiger partial charge in [-0.2, -0.15) is 0 Å². The van der Waals surface area contributed by atoms with Gasteiger partial charge in [0, 0.05) is 12.5 Å². The summed E-state index contributed by atoms with van der Waals surface area (Å²) in [6.07, 6.45) is 0.227. The van der Waals surface area contributed by atoms with Crippen molar-refractivity contribution in [2.24, 2.45) is 5.41 Å². The van der Waals surface area contributed by atoms with Crippen molar-refractivity contribution in [1.29, 1.82) is 0 Å². The molecule has 0 fully saturated rings. The average Bonchev–Trinajstić information content (AvgIpc) is 1.97. The van der Waals surface area contributed by atoms with Gasteiger partial charge in [0.1, 0.15) is 11.6 Å². The van der Waals surface area contributed by atoms with Crippen molar-refractivity contribution in [2.45, 2.75) is 39.7 Å². The summed E-state index contributed by atoms with van der Waals surface area (Å²) in [6, 6.07) is 3.34. The zero-order valence-electron chi connectivity index (χ0n) is 10.1. The Kier molecular flexibility index (Phi) is 3.38. The Labute approximate surface area is 95.1 Å².